The van der Waals surface area contributed by atoms with Gasteiger partial charge in [-0.3, -0.25) is 4.79 Å². The van der Waals surface area contributed by atoms with E-state index in [9.17, 15) is 4.79 Å². The average Bonchev–Trinajstić information content (AvgIpc) is 2.36. The number of aliphatic hydroxyl groups is 1. The maximum absolute atomic E-state index is 12.4. The molecular weight excluding hydrogens is 226 g/mol. The number of benzene rings is 1. The molecule has 0 heterocycles. The van der Waals surface area contributed by atoms with E-state index in [1.807, 2.05) is 51.2 Å². The molecule has 1 N–H and O–H groups in total. The van der Waals surface area contributed by atoms with Crippen LogP contribution in [0.2, 0.25) is 0 Å². The molecule has 100 valence electrons. The van der Waals surface area contributed by atoms with Crippen molar-refractivity contribution >= 4 is 5.78 Å². The standard InChI is InChI=1S/C15H23NO2/c1-15(2,12-16(3)10-7-11-17)14(18)13-8-5-4-6-9-13/h4-6,8-9,17H,7,10-12H2,1-3H3. The predicted molar refractivity (Wildman–Crippen MR) is 73.8 cm³/mol. The minimum atomic E-state index is -0.411. The molecule has 1 aromatic carbocycles. The Hall–Kier alpha value is -1.19. The van der Waals surface area contributed by atoms with Gasteiger partial charge >= 0.3 is 0 Å². The summed E-state index contributed by atoms with van der Waals surface area (Å²) >= 11 is 0. The van der Waals surface area contributed by atoms with Crippen molar-refractivity contribution < 1.29 is 9.90 Å². The van der Waals surface area contributed by atoms with Crippen LogP contribution in [-0.2, 0) is 0 Å². The third-order valence-corrected chi connectivity index (χ3v) is 3.01. The van der Waals surface area contributed by atoms with Gasteiger partial charge < -0.3 is 10.0 Å². The van der Waals surface area contributed by atoms with E-state index in [0.29, 0.717) is 6.54 Å². The second kappa shape index (κ2) is 6.66. The van der Waals surface area contributed by atoms with Crippen LogP contribution >= 0.6 is 0 Å². The van der Waals surface area contributed by atoms with Gasteiger partial charge in [0.2, 0.25) is 0 Å². The molecule has 0 atom stereocenters. The molecule has 0 radical (unpaired) electrons. The third kappa shape index (κ3) is 4.24. The SMILES string of the molecule is CN(CCCO)CC(C)(C)C(=O)c1ccccc1. The normalized spacial score (nSPS) is 11.8. The second-order valence-corrected chi connectivity index (χ2v) is 5.39. The molecular formula is C15H23NO2. The van der Waals surface area contributed by atoms with E-state index in [-0.39, 0.29) is 12.4 Å². The Balaban J connectivity index is 2.65. The zero-order chi connectivity index (χ0) is 13.6. The summed E-state index contributed by atoms with van der Waals surface area (Å²) in [6, 6.07) is 9.41. The van der Waals surface area contributed by atoms with E-state index in [1.165, 1.54) is 0 Å². The monoisotopic (exact) mass is 249 g/mol. The highest BCUT2D eigenvalue weighted by molar-refractivity contribution is 6.00. The van der Waals surface area contributed by atoms with Crippen molar-refractivity contribution in [2.45, 2.75) is 20.3 Å². The van der Waals surface area contributed by atoms with Crippen LogP contribution in [-0.4, -0.2) is 42.5 Å². The fourth-order valence-corrected chi connectivity index (χ4v) is 2.15. The first-order chi connectivity index (χ1) is 8.47. The lowest BCUT2D eigenvalue weighted by Crippen LogP contribution is -2.38. The molecule has 0 aromatic heterocycles. The lowest BCUT2D eigenvalue weighted by molar-refractivity contribution is 0.0779. The molecule has 0 aliphatic carbocycles. The maximum atomic E-state index is 12.4. The van der Waals surface area contributed by atoms with E-state index in [2.05, 4.69) is 4.90 Å². The van der Waals surface area contributed by atoms with Gasteiger partial charge in [0.15, 0.2) is 5.78 Å². The van der Waals surface area contributed by atoms with Crippen LogP contribution < -0.4 is 0 Å². The molecule has 18 heavy (non-hydrogen) atoms. The van der Waals surface area contributed by atoms with Gasteiger partial charge in [-0.1, -0.05) is 44.2 Å². The maximum Gasteiger partial charge on any atom is 0.169 e. The smallest absolute Gasteiger partial charge is 0.169 e. The van der Waals surface area contributed by atoms with Gasteiger partial charge in [0.25, 0.3) is 0 Å². The Morgan fingerprint density at radius 3 is 2.44 bits per heavy atom. The molecule has 0 spiro atoms. The number of hydrogen-bond donors (Lipinski definition) is 1. The number of hydrogen-bond acceptors (Lipinski definition) is 3. The Morgan fingerprint density at radius 2 is 1.89 bits per heavy atom. The van der Waals surface area contributed by atoms with Crippen molar-refractivity contribution in [2.75, 3.05) is 26.7 Å². The number of carbonyl (C=O) groups excluding carboxylic acids is 1. The van der Waals surface area contributed by atoms with Gasteiger partial charge in [0.1, 0.15) is 0 Å². The number of carbonyl (C=O) groups is 1. The number of aliphatic hydroxyl groups excluding tert-OH is 1. The van der Waals surface area contributed by atoms with Gasteiger partial charge in [-0.25, -0.2) is 0 Å². The Labute approximate surface area is 109 Å². The molecule has 0 aliphatic heterocycles. The van der Waals surface area contributed by atoms with Gasteiger partial charge in [-0.15, -0.1) is 0 Å². The summed E-state index contributed by atoms with van der Waals surface area (Å²) in [5.74, 6) is 0.166. The first-order valence-electron chi connectivity index (χ1n) is 6.36. The van der Waals surface area contributed by atoms with E-state index in [1.54, 1.807) is 0 Å². The summed E-state index contributed by atoms with van der Waals surface area (Å²) in [5.41, 5.74) is 0.351. The third-order valence-electron chi connectivity index (χ3n) is 3.01. The van der Waals surface area contributed by atoms with Crippen LogP contribution in [0.5, 0.6) is 0 Å². The minimum Gasteiger partial charge on any atom is -0.396 e. The molecule has 0 unspecified atom stereocenters. The zero-order valence-corrected chi connectivity index (χ0v) is 11.5. The Bertz CT molecular complexity index is 373. The van der Waals surface area contributed by atoms with Crippen LogP contribution in [0.4, 0.5) is 0 Å². The molecule has 0 fully saturated rings. The van der Waals surface area contributed by atoms with Gasteiger partial charge in [0, 0.05) is 30.7 Å². The van der Waals surface area contributed by atoms with Crippen LogP contribution in [0.1, 0.15) is 30.6 Å². The van der Waals surface area contributed by atoms with Crippen LogP contribution in [0.3, 0.4) is 0 Å². The summed E-state index contributed by atoms with van der Waals surface area (Å²) in [7, 11) is 1.98. The fourth-order valence-electron chi connectivity index (χ4n) is 2.15. The fraction of sp³-hybridized carbons (Fsp3) is 0.533. The lowest BCUT2D eigenvalue weighted by Gasteiger charge is -2.29. The molecule has 1 rings (SSSR count). The Kier molecular flexibility index (Phi) is 5.51. The molecule has 3 heteroatoms. The van der Waals surface area contributed by atoms with Crippen molar-refractivity contribution in [3.63, 3.8) is 0 Å². The van der Waals surface area contributed by atoms with Gasteiger partial charge in [0.05, 0.1) is 0 Å². The van der Waals surface area contributed by atoms with Crippen LogP contribution in [0.15, 0.2) is 30.3 Å². The van der Waals surface area contributed by atoms with Gasteiger partial charge in [-0.2, -0.15) is 0 Å². The van der Waals surface area contributed by atoms with Crippen molar-refractivity contribution in [3.05, 3.63) is 35.9 Å². The number of nitrogens with zero attached hydrogens (tertiary/aromatic N) is 1. The van der Waals surface area contributed by atoms with E-state index in [0.717, 1.165) is 18.5 Å². The minimum absolute atomic E-state index is 0.166. The zero-order valence-electron chi connectivity index (χ0n) is 11.5. The highest BCUT2D eigenvalue weighted by Crippen LogP contribution is 2.22. The highest BCUT2D eigenvalue weighted by atomic mass is 16.3. The predicted octanol–water partition coefficient (Wildman–Crippen LogP) is 2.21. The average molecular weight is 249 g/mol. The van der Waals surface area contributed by atoms with E-state index in [4.69, 9.17) is 5.11 Å². The molecule has 1 aromatic rings. The first-order valence-corrected chi connectivity index (χ1v) is 6.36. The summed E-state index contributed by atoms with van der Waals surface area (Å²) in [4.78, 5) is 14.5. The van der Waals surface area contributed by atoms with Crippen molar-refractivity contribution in [3.8, 4) is 0 Å². The second-order valence-electron chi connectivity index (χ2n) is 5.39. The van der Waals surface area contributed by atoms with Crippen molar-refractivity contribution in [1.82, 2.24) is 4.90 Å². The molecule has 3 nitrogen and oxygen atoms in total. The number of Topliss-reactive ketones (excluding diaryl/α,β-unsaturated/α-hetero) is 1. The Morgan fingerprint density at radius 1 is 1.28 bits per heavy atom. The van der Waals surface area contributed by atoms with Crippen molar-refractivity contribution in [1.29, 1.82) is 0 Å². The van der Waals surface area contributed by atoms with Crippen LogP contribution in [0, 0.1) is 5.41 Å². The summed E-state index contributed by atoms with van der Waals surface area (Å²) in [6.45, 7) is 5.63. The molecule has 0 saturated heterocycles. The summed E-state index contributed by atoms with van der Waals surface area (Å²) in [5, 5.41) is 8.81. The highest BCUT2D eigenvalue weighted by Gasteiger charge is 2.29. The topological polar surface area (TPSA) is 40.5 Å². The van der Waals surface area contributed by atoms with Gasteiger partial charge in [-0.05, 0) is 13.5 Å². The first kappa shape index (κ1) is 14.9. The lowest BCUT2D eigenvalue weighted by atomic mass is 9.84. The molecule has 0 amide bonds. The van der Waals surface area contributed by atoms with Crippen LogP contribution in [0.25, 0.3) is 0 Å². The molecule has 0 bridgehead atoms. The summed E-state index contributed by atoms with van der Waals surface area (Å²) in [6.07, 6.45) is 0.742. The number of rotatable bonds is 7. The molecule has 0 aliphatic rings. The van der Waals surface area contributed by atoms with Crippen molar-refractivity contribution in [2.24, 2.45) is 5.41 Å². The molecule has 0 saturated carbocycles. The largest absolute Gasteiger partial charge is 0.396 e. The summed E-state index contributed by atoms with van der Waals surface area (Å²) < 4.78 is 0. The van der Waals surface area contributed by atoms with E-state index >= 15 is 0 Å². The van der Waals surface area contributed by atoms with E-state index < -0.39 is 5.41 Å². The number of ketones is 1. The quantitative estimate of drug-likeness (QED) is 0.753.